The van der Waals surface area contributed by atoms with E-state index in [1.165, 1.54) is 7.11 Å². The van der Waals surface area contributed by atoms with E-state index >= 15 is 0 Å². The fraction of sp³-hybridized carbons (Fsp3) is 0.417. The summed E-state index contributed by atoms with van der Waals surface area (Å²) in [5.74, 6) is 0.920. The first-order valence-electron chi connectivity index (χ1n) is 5.26. The van der Waals surface area contributed by atoms with Crippen LogP contribution in [0, 0.1) is 0 Å². The highest BCUT2D eigenvalue weighted by Crippen LogP contribution is 2.11. The fourth-order valence-electron chi connectivity index (χ4n) is 1.35. The van der Waals surface area contributed by atoms with Gasteiger partial charge in [0.2, 0.25) is 0 Å². The number of carbonyl (C=O) groups is 1. The zero-order chi connectivity index (χ0) is 12.7. The number of nitrogens with one attached hydrogen (secondary N) is 1. The van der Waals surface area contributed by atoms with Crippen LogP contribution in [0.15, 0.2) is 24.3 Å². The molecule has 1 N–H and O–H groups in total. The number of hydrogen-bond donors (Lipinski definition) is 2. The smallest absolute Gasteiger partial charge is 0.323 e. The fourth-order valence-corrected chi connectivity index (χ4v) is 1.63. The summed E-state index contributed by atoms with van der Waals surface area (Å²) in [5, 5.41) is 3.08. The Kier molecular flexibility index (Phi) is 5.86. The molecule has 1 atom stereocenters. The molecule has 0 aliphatic rings. The van der Waals surface area contributed by atoms with Crippen molar-refractivity contribution in [1.82, 2.24) is 5.32 Å². The van der Waals surface area contributed by atoms with Gasteiger partial charge in [0, 0.05) is 12.3 Å². The van der Waals surface area contributed by atoms with Crippen LogP contribution < -0.4 is 10.1 Å². The molecule has 17 heavy (non-hydrogen) atoms. The molecule has 1 rings (SSSR count). The molecule has 0 saturated heterocycles. The number of benzene rings is 1. The van der Waals surface area contributed by atoms with E-state index in [0.717, 1.165) is 11.3 Å². The summed E-state index contributed by atoms with van der Waals surface area (Å²) in [5.41, 5.74) is 1.07. The Labute approximate surface area is 107 Å². The van der Waals surface area contributed by atoms with E-state index in [2.05, 4.69) is 22.7 Å². The molecule has 0 aromatic heterocycles. The van der Waals surface area contributed by atoms with Crippen molar-refractivity contribution in [2.75, 3.05) is 20.0 Å². The minimum atomic E-state index is -0.384. The van der Waals surface area contributed by atoms with Crippen LogP contribution in [0.3, 0.4) is 0 Å². The normalized spacial score (nSPS) is 11.9. The highest BCUT2D eigenvalue weighted by molar-refractivity contribution is 7.80. The molecule has 94 valence electrons. The molecule has 0 aliphatic heterocycles. The van der Waals surface area contributed by atoms with Crippen LogP contribution in [0.5, 0.6) is 5.75 Å². The van der Waals surface area contributed by atoms with Crippen molar-refractivity contribution in [3.63, 3.8) is 0 Å². The number of carbonyl (C=O) groups excluding carboxylic acids is 1. The number of thiol groups is 1. The highest BCUT2D eigenvalue weighted by Gasteiger charge is 2.16. The standard InChI is InChI=1S/C12H17NO3S/c1-15-10-5-3-9(4-6-10)7-13-11(8-17)12(14)16-2/h3-6,11,13,17H,7-8H2,1-2H3/t11-/m0/s1. The lowest BCUT2D eigenvalue weighted by Gasteiger charge is -2.14. The Morgan fingerprint density at radius 1 is 1.35 bits per heavy atom. The molecule has 4 nitrogen and oxygen atoms in total. The maximum absolute atomic E-state index is 11.3. The Morgan fingerprint density at radius 3 is 2.47 bits per heavy atom. The van der Waals surface area contributed by atoms with Crippen LogP contribution in [0.1, 0.15) is 5.56 Å². The number of rotatable bonds is 6. The summed E-state index contributed by atoms with van der Waals surface area (Å²) >= 11 is 4.10. The largest absolute Gasteiger partial charge is 0.497 e. The molecule has 1 aromatic carbocycles. The molecule has 0 saturated carbocycles. The minimum Gasteiger partial charge on any atom is -0.497 e. The molecule has 1 aromatic rings. The molecule has 0 unspecified atom stereocenters. The van der Waals surface area contributed by atoms with Crippen molar-refractivity contribution in [3.05, 3.63) is 29.8 Å². The Hall–Kier alpha value is -1.20. The van der Waals surface area contributed by atoms with Gasteiger partial charge in [-0.3, -0.25) is 10.1 Å². The third-order valence-electron chi connectivity index (χ3n) is 2.38. The second-order valence-electron chi connectivity index (χ2n) is 3.49. The van der Waals surface area contributed by atoms with Gasteiger partial charge < -0.3 is 9.47 Å². The Balaban J connectivity index is 2.50. The molecule has 0 bridgehead atoms. The maximum Gasteiger partial charge on any atom is 0.323 e. The van der Waals surface area contributed by atoms with Crippen molar-refractivity contribution in [2.24, 2.45) is 0 Å². The lowest BCUT2D eigenvalue weighted by molar-refractivity contribution is -0.142. The first-order valence-corrected chi connectivity index (χ1v) is 5.89. The molecule has 0 spiro atoms. The summed E-state index contributed by atoms with van der Waals surface area (Å²) in [7, 11) is 3.00. The number of ether oxygens (including phenoxy) is 2. The van der Waals surface area contributed by atoms with E-state index in [1.54, 1.807) is 7.11 Å². The summed E-state index contributed by atoms with van der Waals surface area (Å²) in [6, 6.07) is 7.26. The predicted octanol–water partition coefficient (Wildman–Crippen LogP) is 1.26. The Morgan fingerprint density at radius 2 is 2.00 bits per heavy atom. The van der Waals surface area contributed by atoms with E-state index < -0.39 is 0 Å². The van der Waals surface area contributed by atoms with Gasteiger partial charge in [-0.2, -0.15) is 12.6 Å². The average molecular weight is 255 g/mol. The van der Waals surface area contributed by atoms with Crippen LogP contribution in [-0.2, 0) is 16.1 Å². The predicted molar refractivity (Wildman–Crippen MR) is 69.5 cm³/mol. The van der Waals surface area contributed by atoms with Crippen molar-refractivity contribution in [1.29, 1.82) is 0 Å². The van der Waals surface area contributed by atoms with Gasteiger partial charge in [0.1, 0.15) is 11.8 Å². The monoisotopic (exact) mass is 255 g/mol. The molecule has 0 aliphatic carbocycles. The number of hydrogen-bond acceptors (Lipinski definition) is 5. The van der Waals surface area contributed by atoms with Gasteiger partial charge in [0.25, 0.3) is 0 Å². The van der Waals surface area contributed by atoms with Crippen molar-refractivity contribution >= 4 is 18.6 Å². The number of methoxy groups -OCH3 is 2. The topological polar surface area (TPSA) is 47.6 Å². The van der Waals surface area contributed by atoms with Crippen LogP contribution in [-0.4, -0.2) is 32.0 Å². The first-order chi connectivity index (χ1) is 8.21. The second kappa shape index (κ2) is 7.19. The Bertz CT molecular complexity index is 353. The van der Waals surface area contributed by atoms with Gasteiger partial charge in [-0.15, -0.1) is 0 Å². The summed E-state index contributed by atoms with van der Waals surface area (Å²) in [4.78, 5) is 11.3. The van der Waals surface area contributed by atoms with E-state index in [-0.39, 0.29) is 12.0 Å². The van der Waals surface area contributed by atoms with Crippen LogP contribution in [0.25, 0.3) is 0 Å². The van der Waals surface area contributed by atoms with E-state index in [0.29, 0.717) is 12.3 Å². The van der Waals surface area contributed by atoms with E-state index in [4.69, 9.17) is 4.74 Å². The molecule has 0 heterocycles. The van der Waals surface area contributed by atoms with Gasteiger partial charge in [0.15, 0.2) is 0 Å². The molecule has 0 fully saturated rings. The van der Waals surface area contributed by atoms with Crippen molar-refractivity contribution in [3.8, 4) is 5.75 Å². The third kappa shape index (κ3) is 4.28. The molecular weight excluding hydrogens is 238 g/mol. The van der Waals surface area contributed by atoms with E-state index in [9.17, 15) is 4.79 Å². The quantitative estimate of drug-likeness (QED) is 0.593. The van der Waals surface area contributed by atoms with Crippen LogP contribution >= 0.6 is 12.6 Å². The SMILES string of the molecule is COC(=O)[C@H](CS)NCc1ccc(OC)cc1. The zero-order valence-electron chi connectivity index (χ0n) is 9.97. The van der Waals surface area contributed by atoms with E-state index in [1.807, 2.05) is 24.3 Å². The van der Waals surface area contributed by atoms with Gasteiger partial charge in [-0.25, -0.2) is 0 Å². The summed E-state index contributed by atoms with van der Waals surface area (Å²) in [6.07, 6.45) is 0. The van der Waals surface area contributed by atoms with Crippen molar-refractivity contribution in [2.45, 2.75) is 12.6 Å². The third-order valence-corrected chi connectivity index (χ3v) is 2.75. The summed E-state index contributed by atoms with van der Waals surface area (Å²) in [6.45, 7) is 0.588. The first kappa shape index (κ1) is 13.9. The molecule has 0 radical (unpaired) electrons. The second-order valence-corrected chi connectivity index (χ2v) is 3.85. The van der Waals surface area contributed by atoms with Gasteiger partial charge in [-0.1, -0.05) is 12.1 Å². The van der Waals surface area contributed by atoms with Gasteiger partial charge >= 0.3 is 5.97 Å². The van der Waals surface area contributed by atoms with Crippen LogP contribution in [0.4, 0.5) is 0 Å². The lowest BCUT2D eigenvalue weighted by atomic mass is 10.2. The van der Waals surface area contributed by atoms with Crippen LogP contribution in [0.2, 0.25) is 0 Å². The molecule has 5 heteroatoms. The van der Waals surface area contributed by atoms with Crippen molar-refractivity contribution < 1.29 is 14.3 Å². The molecule has 0 amide bonds. The molecular formula is C12H17NO3S. The zero-order valence-corrected chi connectivity index (χ0v) is 10.9. The maximum atomic E-state index is 11.3. The lowest BCUT2D eigenvalue weighted by Crippen LogP contribution is -2.38. The number of esters is 1. The highest BCUT2D eigenvalue weighted by atomic mass is 32.1. The minimum absolute atomic E-state index is 0.298. The van der Waals surface area contributed by atoms with Gasteiger partial charge in [-0.05, 0) is 17.7 Å². The summed E-state index contributed by atoms with van der Waals surface area (Å²) < 4.78 is 9.72. The van der Waals surface area contributed by atoms with Gasteiger partial charge in [0.05, 0.1) is 14.2 Å². The average Bonchev–Trinajstić information content (AvgIpc) is 2.39.